The van der Waals surface area contributed by atoms with Crippen LogP contribution in [0.2, 0.25) is 5.02 Å². The number of para-hydroxylation sites is 1. The van der Waals surface area contributed by atoms with Crippen molar-refractivity contribution in [3.05, 3.63) is 33.3 Å². The second-order valence-corrected chi connectivity index (χ2v) is 4.13. The Labute approximate surface area is 105 Å². The molecule has 6 heteroatoms. The third kappa shape index (κ3) is 3.87. The van der Waals surface area contributed by atoms with Crippen LogP contribution < -0.4 is 5.32 Å². The minimum absolute atomic E-state index is 0.0123. The molecule has 0 saturated carbocycles. The molecule has 0 saturated heterocycles. The molecule has 17 heavy (non-hydrogen) atoms. The molecule has 1 atom stereocenters. The van der Waals surface area contributed by atoms with Gasteiger partial charge in [0.05, 0.1) is 9.95 Å². The number of hydrogen-bond acceptors (Lipinski definition) is 4. The highest BCUT2D eigenvalue weighted by Gasteiger charge is 2.17. The van der Waals surface area contributed by atoms with E-state index in [1.165, 1.54) is 6.07 Å². The smallest absolute Gasteiger partial charge is 0.293 e. The molecule has 1 aromatic carbocycles. The van der Waals surface area contributed by atoms with E-state index < -0.39 is 4.92 Å². The summed E-state index contributed by atoms with van der Waals surface area (Å²) in [5.41, 5.74) is 0.351. The van der Waals surface area contributed by atoms with Crippen LogP contribution in [0.3, 0.4) is 0 Å². The lowest BCUT2D eigenvalue weighted by Gasteiger charge is -2.15. The molecular formula is C11H15ClN2O3. The van der Waals surface area contributed by atoms with Gasteiger partial charge in [0.2, 0.25) is 0 Å². The molecule has 0 radical (unpaired) electrons. The van der Waals surface area contributed by atoms with Gasteiger partial charge in [-0.2, -0.15) is 0 Å². The fourth-order valence-electron chi connectivity index (χ4n) is 1.42. The Hall–Kier alpha value is -1.33. The number of nitro benzene ring substituents is 1. The lowest BCUT2D eigenvalue weighted by atomic mass is 10.2. The lowest BCUT2D eigenvalue weighted by Crippen LogP contribution is -2.18. The second-order valence-electron chi connectivity index (χ2n) is 3.72. The van der Waals surface area contributed by atoms with E-state index in [1.54, 1.807) is 19.2 Å². The maximum atomic E-state index is 10.9. The monoisotopic (exact) mass is 258 g/mol. The van der Waals surface area contributed by atoms with Gasteiger partial charge < -0.3 is 10.1 Å². The molecule has 0 spiro atoms. The van der Waals surface area contributed by atoms with Gasteiger partial charge in [-0.3, -0.25) is 10.1 Å². The quantitative estimate of drug-likeness (QED) is 0.629. The number of benzene rings is 1. The number of halogens is 1. The average molecular weight is 259 g/mol. The van der Waals surface area contributed by atoms with Crippen LogP contribution in [0.25, 0.3) is 0 Å². The third-order valence-electron chi connectivity index (χ3n) is 2.33. The number of ether oxygens (including phenoxy) is 1. The number of rotatable bonds is 6. The van der Waals surface area contributed by atoms with Crippen LogP contribution in [0, 0.1) is 10.1 Å². The molecule has 94 valence electrons. The van der Waals surface area contributed by atoms with Crippen LogP contribution in [-0.4, -0.2) is 24.7 Å². The molecule has 0 aliphatic rings. The third-order valence-corrected chi connectivity index (χ3v) is 2.65. The standard InChI is InChI=1S/C11H15ClN2O3/c1-8(6-7-17-2)13-11-9(12)4-3-5-10(11)14(15)16/h3-5,8,13H,6-7H2,1-2H3. The Bertz CT molecular complexity index is 398. The van der Waals surface area contributed by atoms with Crippen molar-refractivity contribution in [1.29, 1.82) is 0 Å². The van der Waals surface area contributed by atoms with Gasteiger partial charge in [0.15, 0.2) is 0 Å². The summed E-state index contributed by atoms with van der Waals surface area (Å²) in [7, 11) is 1.62. The van der Waals surface area contributed by atoms with Crippen LogP contribution in [-0.2, 0) is 4.74 Å². The number of anilines is 1. The minimum Gasteiger partial charge on any atom is -0.385 e. The first kappa shape index (κ1) is 13.7. The Morgan fingerprint density at radius 3 is 2.88 bits per heavy atom. The fourth-order valence-corrected chi connectivity index (χ4v) is 1.65. The van der Waals surface area contributed by atoms with Gasteiger partial charge in [-0.15, -0.1) is 0 Å². The maximum Gasteiger partial charge on any atom is 0.293 e. The number of nitrogens with one attached hydrogen (secondary N) is 1. The van der Waals surface area contributed by atoms with E-state index in [0.29, 0.717) is 17.3 Å². The van der Waals surface area contributed by atoms with Crippen LogP contribution in [0.4, 0.5) is 11.4 Å². The van der Waals surface area contributed by atoms with Gasteiger partial charge in [-0.25, -0.2) is 0 Å². The van der Waals surface area contributed by atoms with Crippen molar-refractivity contribution < 1.29 is 9.66 Å². The molecule has 1 aromatic rings. The van der Waals surface area contributed by atoms with E-state index in [1.807, 2.05) is 6.92 Å². The van der Waals surface area contributed by atoms with E-state index in [0.717, 1.165) is 6.42 Å². The molecule has 0 aromatic heterocycles. The summed E-state index contributed by atoms with van der Waals surface area (Å²) in [4.78, 5) is 10.4. The topological polar surface area (TPSA) is 64.4 Å². The molecule has 1 unspecified atom stereocenters. The number of methoxy groups -OCH3 is 1. The van der Waals surface area contributed by atoms with Crippen molar-refractivity contribution in [1.82, 2.24) is 0 Å². The van der Waals surface area contributed by atoms with Gasteiger partial charge in [0, 0.05) is 25.8 Å². The molecule has 0 bridgehead atoms. The van der Waals surface area contributed by atoms with Crippen molar-refractivity contribution in [3.8, 4) is 0 Å². The maximum absolute atomic E-state index is 10.9. The van der Waals surface area contributed by atoms with Crippen LogP contribution in [0.1, 0.15) is 13.3 Å². The summed E-state index contributed by atoms with van der Waals surface area (Å²) in [6.07, 6.45) is 0.749. The summed E-state index contributed by atoms with van der Waals surface area (Å²) < 4.78 is 4.95. The van der Waals surface area contributed by atoms with E-state index >= 15 is 0 Å². The normalized spacial score (nSPS) is 12.2. The predicted octanol–water partition coefficient (Wildman–Crippen LogP) is 3.09. The highest BCUT2D eigenvalue weighted by atomic mass is 35.5. The first-order valence-corrected chi connectivity index (χ1v) is 5.62. The number of hydrogen-bond donors (Lipinski definition) is 1. The minimum atomic E-state index is -0.447. The summed E-state index contributed by atoms with van der Waals surface area (Å²) in [5.74, 6) is 0. The van der Waals surface area contributed by atoms with Crippen molar-refractivity contribution >= 4 is 23.0 Å². The molecular weight excluding hydrogens is 244 g/mol. The van der Waals surface area contributed by atoms with Gasteiger partial charge in [-0.05, 0) is 19.4 Å². The van der Waals surface area contributed by atoms with Crippen LogP contribution in [0.15, 0.2) is 18.2 Å². The Kier molecular flexibility index (Phi) is 5.18. The largest absolute Gasteiger partial charge is 0.385 e. The first-order valence-electron chi connectivity index (χ1n) is 5.24. The number of nitrogens with zero attached hydrogens (tertiary/aromatic N) is 1. The Balaban J connectivity index is 2.85. The lowest BCUT2D eigenvalue weighted by molar-refractivity contribution is -0.384. The predicted molar refractivity (Wildman–Crippen MR) is 67.7 cm³/mol. The van der Waals surface area contributed by atoms with Crippen molar-refractivity contribution in [2.24, 2.45) is 0 Å². The fraction of sp³-hybridized carbons (Fsp3) is 0.455. The highest BCUT2D eigenvalue weighted by molar-refractivity contribution is 6.33. The highest BCUT2D eigenvalue weighted by Crippen LogP contribution is 2.32. The number of nitro groups is 1. The van der Waals surface area contributed by atoms with E-state index in [9.17, 15) is 10.1 Å². The molecule has 0 heterocycles. The van der Waals surface area contributed by atoms with Crippen LogP contribution >= 0.6 is 11.6 Å². The van der Waals surface area contributed by atoms with E-state index in [4.69, 9.17) is 16.3 Å². The second kappa shape index (κ2) is 6.42. The van der Waals surface area contributed by atoms with Gasteiger partial charge in [0.1, 0.15) is 5.69 Å². The zero-order chi connectivity index (χ0) is 12.8. The van der Waals surface area contributed by atoms with Gasteiger partial charge in [-0.1, -0.05) is 17.7 Å². The molecule has 0 amide bonds. The van der Waals surface area contributed by atoms with Gasteiger partial charge >= 0.3 is 0 Å². The molecule has 1 rings (SSSR count). The van der Waals surface area contributed by atoms with Crippen molar-refractivity contribution in [2.45, 2.75) is 19.4 Å². The van der Waals surface area contributed by atoms with E-state index in [2.05, 4.69) is 5.32 Å². The summed E-state index contributed by atoms with van der Waals surface area (Å²) in [6, 6.07) is 4.66. The first-order chi connectivity index (χ1) is 8.06. The van der Waals surface area contributed by atoms with Crippen molar-refractivity contribution in [3.63, 3.8) is 0 Å². The summed E-state index contributed by atoms with van der Waals surface area (Å²) in [5, 5.41) is 14.2. The zero-order valence-corrected chi connectivity index (χ0v) is 10.5. The molecule has 0 aliphatic heterocycles. The zero-order valence-electron chi connectivity index (χ0n) is 9.77. The van der Waals surface area contributed by atoms with Crippen LogP contribution in [0.5, 0.6) is 0 Å². The molecule has 0 aliphatic carbocycles. The molecule has 0 fully saturated rings. The van der Waals surface area contributed by atoms with E-state index in [-0.39, 0.29) is 11.7 Å². The SMILES string of the molecule is COCCC(C)Nc1c(Cl)cccc1[N+](=O)[O-]. The summed E-state index contributed by atoms with van der Waals surface area (Å²) >= 11 is 5.95. The molecule has 5 nitrogen and oxygen atoms in total. The Morgan fingerprint density at radius 2 is 2.29 bits per heavy atom. The Morgan fingerprint density at radius 1 is 1.59 bits per heavy atom. The van der Waals surface area contributed by atoms with Crippen molar-refractivity contribution in [2.75, 3.05) is 19.0 Å². The van der Waals surface area contributed by atoms with Gasteiger partial charge in [0.25, 0.3) is 5.69 Å². The summed E-state index contributed by atoms with van der Waals surface area (Å²) in [6.45, 7) is 2.51. The average Bonchev–Trinajstić information content (AvgIpc) is 2.28. The molecule has 1 N–H and O–H groups in total.